The van der Waals surface area contributed by atoms with Gasteiger partial charge in [0.2, 0.25) is 0 Å². The summed E-state index contributed by atoms with van der Waals surface area (Å²) in [7, 11) is 0. The van der Waals surface area contributed by atoms with Crippen molar-refractivity contribution < 1.29 is 19.1 Å². The summed E-state index contributed by atoms with van der Waals surface area (Å²) in [5, 5.41) is 4.71. The van der Waals surface area contributed by atoms with Crippen molar-refractivity contribution in [1.29, 1.82) is 0 Å². The Morgan fingerprint density at radius 2 is 1.61 bits per heavy atom. The van der Waals surface area contributed by atoms with E-state index in [1.54, 1.807) is 42.5 Å². The molecule has 0 aliphatic heterocycles. The Kier molecular flexibility index (Phi) is 6.34. The molecule has 0 saturated heterocycles. The zero-order valence-corrected chi connectivity index (χ0v) is 16.1. The van der Waals surface area contributed by atoms with Crippen molar-refractivity contribution in [2.45, 2.75) is 13.0 Å². The van der Waals surface area contributed by atoms with Crippen LogP contribution < -0.4 is 5.32 Å². The number of hydrogen-bond acceptors (Lipinski definition) is 5. The second-order valence-corrected chi connectivity index (χ2v) is 7.10. The minimum Gasteiger partial charge on any atom is -0.452 e. The number of benzene rings is 2. The van der Waals surface area contributed by atoms with Gasteiger partial charge in [-0.1, -0.05) is 54.6 Å². The summed E-state index contributed by atoms with van der Waals surface area (Å²) in [6.45, 7) is 1.45. The molecule has 0 radical (unpaired) electrons. The van der Waals surface area contributed by atoms with Crippen LogP contribution in [0.5, 0.6) is 0 Å². The van der Waals surface area contributed by atoms with Crippen molar-refractivity contribution >= 4 is 29.0 Å². The van der Waals surface area contributed by atoms with Crippen LogP contribution >= 0.6 is 11.3 Å². The van der Waals surface area contributed by atoms with Crippen LogP contribution in [-0.2, 0) is 9.53 Å². The third kappa shape index (κ3) is 4.72. The topological polar surface area (TPSA) is 72.5 Å². The van der Waals surface area contributed by atoms with Gasteiger partial charge in [0.05, 0.1) is 11.6 Å². The normalized spacial score (nSPS) is 11.5. The molecule has 0 fully saturated rings. The first-order valence-corrected chi connectivity index (χ1v) is 9.63. The number of carbonyl (C=O) groups is 3. The smallest absolute Gasteiger partial charge is 0.339 e. The first-order chi connectivity index (χ1) is 13.6. The van der Waals surface area contributed by atoms with E-state index < -0.39 is 18.5 Å². The van der Waals surface area contributed by atoms with Crippen LogP contribution in [0, 0.1) is 0 Å². The van der Waals surface area contributed by atoms with Crippen LogP contribution in [0.25, 0.3) is 0 Å². The van der Waals surface area contributed by atoms with Crippen LogP contribution in [0.4, 0.5) is 0 Å². The van der Waals surface area contributed by atoms with Gasteiger partial charge in [-0.05, 0) is 24.4 Å². The fraction of sp³-hybridized carbons (Fsp3) is 0.136. The van der Waals surface area contributed by atoms with E-state index in [1.165, 1.54) is 17.4 Å². The zero-order valence-electron chi connectivity index (χ0n) is 15.3. The summed E-state index contributed by atoms with van der Waals surface area (Å²) in [5.41, 5.74) is 0.854. The molecule has 0 unspecified atom stereocenters. The van der Waals surface area contributed by atoms with E-state index in [9.17, 15) is 14.4 Å². The molecule has 0 aliphatic carbocycles. The van der Waals surface area contributed by atoms with Gasteiger partial charge in [0.25, 0.3) is 5.91 Å². The van der Waals surface area contributed by atoms with Crippen molar-refractivity contribution in [2.24, 2.45) is 0 Å². The van der Waals surface area contributed by atoms with Gasteiger partial charge in [-0.15, -0.1) is 11.3 Å². The number of hydrogen-bond donors (Lipinski definition) is 1. The van der Waals surface area contributed by atoms with Crippen LogP contribution in [0.15, 0.2) is 72.1 Å². The Morgan fingerprint density at radius 1 is 0.929 bits per heavy atom. The van der Waals surface area contributed by atoms with Gasteiger partial charge in [-0.25, -0.2) is 4.79 Å². The maximum atomic E-state index is 12.7. The summed E-state index contributed by atoms with van der Waals surface area (Å²) < 4.78 is 5.14. The van der Waals surface area contributed by atoms with Gasteiger partial charge in [0.15, 0.2) is 12.4 Å². The van der Waals surface area contributed by atoms with Crippen molar-refractivity contribution in [3.8, 4) is 0 Å². The Morgan fingerprint density at radius 3 is 2.29 bits per heavy atom. The van der Waals surface area contributed by atoms with Gasteiger partial charge in [-0.2, -0.15) is 0 Å². The van der Waals surface area contributed by atoms with Crippen molar-refractivity contribution in [1.82, 2.24) is 5.32 Å². The van der Waals surface area contributed by atoms with E-state index in [-0.39, 0.29) is 23.0 Å². The van der Waals surface area contributed by atoms with Crippen LogP contribution in [-0.4, -0.2) is 24.3 Å². The number of ketones is 1. The molecule has 2 aromatic carbocycles. The fourth-order valence-electron chi connectivity index (χ4n) is 2.70. The molecule has 1 N–H and O–H groups in total. The molecule has 1 aromatic heterocycles. The molecule has 1 atom stereocenters. The van der Waals surface area contributed by atoms with E-state index >= 15 is 0 Å². The molecule has 1 amide bonds. The fourth-order valence-corrected chi connectivity index (χ4v) is 3.44. The molecule has 1 heterocycles. The number of ether oxygens (including phenoxy) is 1. The Hall–Kier alpha value is -3.25. The quantitative estimate of drug-likeness (QED) is 0.486. The number of esters is 1. The van der Waals surface area contributed by atoms with Crippen molar-refractivity contribution in [3.63, 3.8) is 0 Å². The maximum Gasteiger partial charge on any atom is 0.339 e. The summed E-state index contributed by atoms with van der Waals surface area (Å²) in [5.74, 6) is -1.39. The number of amides is 1. The molecule has 5 nitrogen and oxygen atoms in total. The Balaban J connectivity index is 1.65. The van der Waals surface area contributed by atoms with Gasteiger partial charge in [-0.3, -0.25) is 9.59 Å². The SMILES string of the molecule is C[C@H](NC(=O)COC(=O)c1ccccc1C(=O)c1ccccc1)c1cccs1. The summed E-state index contributed by atoms with van der Waals surface area (Å²) in [6.07, 6.45) is 0. The van der Waals surface area contributed by atoms with E-state index in [1.807, 2.05) is 30.5 Å². The van der Waals surface area contributed by atoms with E-state index in [0.29, 0.717) is 5.56 Å². The highest BCUT2D eigenvalue weighted by molar-refractivity contribution is 7.10. The number of rotatable bonds is 7. The van der Waals surface area contributed by atoms with Gasteiger partial charge in [0.1, 0.15) is 0 Å². The third-order valence-electron chi connectivity index (χ3n) is 4.11. The molecule has 0 saturated carbocycles. The first kappa shape index (κ1) is 19.5. The lowest BCUT2D eigenvalue weighted by molar-refractivity contribution is -0.124. The second kappa shape index (κ2) is 9.10. The van der Waals surface area contributed by atoms with Crippen molar-refractivity contribution in [2.75, 3.05) is 6.61 Å². The molecule has 142 valence electrons. The molecule has 0 aliphatic rings. The molecular formula is C22H19NO4S. The van der Waals surface area contributed by atoms with Crippen LogP contribution in [0.1, 0.15) is 44.1 Å². The highest BCUT2D eigenvalue weighted by Gasteiger charge is 2.20. The molecule has 0 bridgehead atoms. The van der Waals surface area contributed by atoms with Crippen LogP contribution in [0.3, 0.4) is 0 Å². The molecular weight excluding hydrogens is 374 g/mol. The van der Waals surface area contributed by atoms with E-state index in [4.69, 9.17) is 4.74 Å². The average Bonchev–Trinajstić information content (AvgIpc) is 3.27. The summed E-state index contributed by atoms with van der Waals surface area (Å²) >= 11 is 1.54. The molecule has 6 heteroatoms. The van der Waals surface area contributed by atoms with Crippen molar-refractivity contribution in [3.05, 3.63) is 93.7 Å². The molecule has 0 spiro atoms. The molecule has 3 rings (SSSR count). The summed E-state index contributed by atoms with van der Waals surface area (Å²) in [6, 6.07) is 18.8. The lowest BCUT2D eigenvalue weighted by Gasteiger charge is -2.13. The Labute approximate surface area is 167 Å². The predicted molar refractivity (Wildman–Crippen MR) is 107 cm³/mol. The second-order valence-electron chi connectivity index (χ2n) is 6.12. The lowest BCUT2D eigenvalue weighted by Crippen LogP contribution is -2.31. The third-order valence-corrected chi connectivity index (χ3v) is 5.16. The number of thiophene rings is 1. The maximum absolute atomic E-state index is 12.7. The van der Waals surface area contributed by atoms with Crippen LogP contribution in [0.2, 0.25) is 0 Å². The van der Waals surface area contributed by atoms with Gasteiger partial charge >= 0.3 is 5.97 Å². The number of nitrogens with one attached hydrogen (secondary N) is 1. The Bertz CT molecular complexity index is 967. The average molecular weight is 393 g/mol. The predicted octanol–water partition coefficient (Wildman–Crippen LogP) is 4.01. The minimum atomic E-state index is -0.709. The van der Waals surface area contributed by atoms with Gasteiger partial charge < -0.3 is 10.1 Å². The van der Waals surface area contributed by atoms with E-state index in [2.05, 4.69) is 5.32 Å². The molecule has 3 aromatic rings. The lowest BCUT2D eigenvalue weighted by atomic mass is 9.98. The highest BCUT2D eigenvalue weighted by Crippen LogP contribution is 2.18. The molecule has 28 heavy (non-hydrogen) atoms. The summed E-state index contributed by atoms with van der Waals surface area (Å²) in [4.78, 5) is 38.3. The van der Waals surface area contributed by atoms with E-state index in [0.717, 1.165) is 4.88 Å². The first-order valence-electron chi connectivity index (χ1n) is 8.75. The standard InChI is InChI=1S/C22H19NO4S/c1-15(19-12-7-13-28-19)23-20(24)14-27-22(26)18-11-6-5-10-17(18)21(25)16-8-3-2-4-9-16/h2-13,15H,14H2,1H3,(H,23,24)/t15-/m0/s1. The highest BCUT2D eigenvalue weighted by atomic mass is 32.1. The largest absolute Gasteiger partial charge is 0.452 e. The monoisotopic (exact) mass is 393 g/mol. The minimum absolute atomic E-state index is 0.135. The zero-order chi connectivity index (χ0) is 19.9. The number of carbonyl (C=O) groups excluding carboxylic acids is 3. The van der Waals surface area contributed by atoms with Gasteiger partial charge in [0, 0.05) is 16.0 Å².